The van der Waals surface area contributed by atoms with E-state index in [1.54, 1.807) is 0 Å². The summed E-state index contributed by atoms with van der Waals surface area (Å²) in [5, 5.41) is 10.1. The SMILES string of the molecule is O=S(=O)(N[C@@H]1c2ccccc2C[C@@H]1O)c1cncc(Br)c1. The first-order valence-corrected chi connectivity index (χ1v) is 8.64. The van der Waals surface area contributed by atoms with E-state index < -0.39 is 22.2 Å². The third-order valence-electron chi connectivity index (χ3n) is 3.48. The van der Waals surface area contributed by atoms with Gasteiger partial charge >= 0.3 is 0 Å². The lowest BCUT2D eigenvalue weighted by atomic mass is 10.1. The van der Waals surface area contributed by atoms with Gasteiger partial charge in [-0.1, -0.05) is 24.3 Å². The summed E-state index contributed by atoms with van der Waals surface area (Å²) in [4.78, 5) is 3.92. The number of benzene rings is 1. The van der Waals surface area contributed by atoms with Crippen LogP contribution in [0.2, 0.25) is 0 Å². The minimum absolute atomic E-state index is 0.0634. The van der Waals surface area contributed by atoms with Crippen molar-refractivity contribution in [2.45, 2.75) is 23.5 Å². The van der Waals surface area contributed by atoms with Crippen LogP contribution in [0.15, 0.2) is 52.1 Å². The molecule has 2 atom stereocenters. The first-order valence-electron chi connectivity index (χ1n) is 6.36. The van der Waals surface area contributed by atoms with Gasteiger partial charge in [-0.2, -0.15) is 0 Å². The van der Waals surface area contributed by atoms with Gasteiger partial charge in [-0.3, -0.25) is 4.98 Å². The van der Waals surface area contributed by atoms with Gasteiger partial charge in [-0.05, 0) is 33.1 Å². The largest absolute Gasteiger partial charge is 0.391 e. The average Bonchev–Trinajstić information content (AvgIpc) is 2.75. The highest BCUT2D eigenvalue weighted by Crippen LogP contribution is 2.32. The van der Waals surface area contributed by atoms with Gasteiger partial charge in [0.15, 0.2) is 0 Å². The van der Waals surface area contributed by atoms with Crippen molar-refractivity contribution in [2.24, 2.45) is 0 Å². The monoisotopic (exact) mass is 368 g/mol. The van der Waals surface area contributed by atoms with Crippen molar-refractivity contribution in [1.82, 2.24) is 9.71 Å². The van der Waals surface area contributed by atoms with Crippen LogP contribution in [-0.4, -0.2) is 24.6 Å². The van der Waals surface area contributed by atoms with Crippen molar-refractivity contribution in [2.75, 3.05) is 0 Å². The number of nitrogens with zero attached hydrogens (tertiary/aromatic N) is 1. The molecule has 5 nitrogen and oxygen atoms in total. The molecular formula is C14H13BrN2O3S. The van der Waals surface area contributed by atoms with Gasteiger partial charge in [0.25, 0.3) is 0 Å². The fourth-order valence-electron chi connectivity index (χ4n) is 2.49. The Morgan fingerprint density at radius 3 is 2.81 bits per heavy atom. The summed E-state index contributed by atoms with van der Waals surface area (Å²) >= 11 is 3.20. The Hall–Kier alpha value is -1.28. The molecule has 2 aromatic rings. The number of nitrogens with one attached hydrogen (secondary N) is 1. The van der Waals surface area contributed by atoms with Crippen LogP contribution >= 0.6 is 15.9 Å². The molecule has 7 heteroatoms. The van der Waals surface area contributed by atoms with Crippen molar-refractivity contribution in [3.63, 3.8) is 0 Å². The van der Waals surface area contributed by atoms with Crippen molar-refractivity contribution in [3.8, 4) is 0 Å². The van der Waals surface area contributed by atoms with E-state index in [1.165, 1.54) is 18.5 Å². The number of pyridine rings is 1. The molecule has 0 bridgehead atoms. The molecular weight excluding hydrogens is 356 g/mol. The van der Waals surface area contributed by atoms with Gasteiger partial charge < -0.3 is 5.11 Å². The molecule has 110 valence electrons. The number of aromatic nitrogens is 1. The molecule has 1 aromatic carbocycles. The van der Waals surface area contributed by atoms with E-state index in [2.05, 4.69) is 25.6 Å². The van der Waals surface area contributed by atoms with Crippen LogP contribution in [0.25, 0.3) is 0 Å². The zero-order chi connectivity index (χ0) is 15.0. The highest BCUT2D eigenvalue weighted by Gasteiger charge is 2.34. The van der Waals surface area contributed by atoms with Gasteiger partial charge in [0.05, 0.1) is 12.1 Å². The van der Waals surface area contributed by atoms with Gasteiger partial charge in [-0.25, -0.2) is 13.1 Å². The Bertz CT molecular complexity index is 779. The molecule has 0 unspecified atom stereocenters. The summed E-state index contributed by atoms with van der Waals surface area (Å²) in [6.07, 6.45) is 2.47. The topological polar surface area (TPSA) is 79.3 Å². The van der Waals surface area contributed by atoms with Gasteiger partial charge in [0, 0.05) is 23.3 Å². The number of rotatable bonds is 3. The molecule has 0 fully saturated rings. The zero-order valence-corrected chi connectivity index (χ0v) is 13.3. The van der Waals surface area contributed by atoms with Gasteiger partial charge in [-0.15, -0.1) is 0 Å². The molecule has 2 N–H and O–H groups in total. The second kappa shape index (κ2) is 5.49. The lowest BCUT2D eigenvalue weighted by Crippen LogP contribution is -2.33. The standard InChI is InChI=1S/C14H13BrN2O3S/c15-10-6-11(8-16-7-10)21(19,20)17-14-12-4-2-1-3-9(12)5-13(14)18/h1-4,6-8,13-14,17-18H,5H2/t13-,14+/m0/s1. The van der Waals surface area contributed by atoms with Crippen LogP contribution in [-0.2, 0) is 16.4 Å². The summed E-state index contributed by atoms with van der Waals surface area (Å²) < 4.78 is 28.0. The van der Waals surface area contributed by atoms with E-state index in [1.807, 2.05) is 24.3 Å². The maximum Gasteiger partial charge on any atom is 0.242 e. The van der Waals surface area contributed by atoms with Crippen molar-refractivity contribution in [3.05, 3.63) is 58.3 Å². The molecule has 1 heterocycles. The summed E-state index contributed by atoms with van der Waals surface area (Å²) in [6.45, 7) is 0. The van der Waals surface area contributed by atoms with Gasteiger partial charge in [0.2, 0.25) is 10.0 Å². The van der Waals surface area contributed by atoms with Crippen molar-refractivity contribution in [1.29, 1.82) is 0 Å². The summed E-state index contributed by atoms with van der Waals surface area (Å²) in [5.74, 6) is 0. The van der Waals surface area contributed by atoms with E-state index in [4.69, 9.17) is 0 Å². The van der Waals surface area contributed by atoms with Crippen LogP contribution in [0.1, 0.15) is 17.2 Å². The van der Waals surface area contributed by atoms with E-state index in [0.29, 0.717) is 10.9 Å². The van der Waals surface area contributed by atoms with Crippen LogP contribution in [0.5, 0.6) is 0 Å². The van der Waals surface area contributed by atoms with Gasteiger partial charge in [0.1, 0.15) is 4.90 Å². The van der Waals surface area contributed by atoms with Crippen molar-refractivity contribution < 1.29 is 13.5 Å². The third kappa shape index (κ3) is 2.87. The number of aliphatic hydroxyl groups is 1. The molecule has 0 aliphatic heterocycles. The number of sulfonamides is 1. The first-order chi connectivity index (χ1) is 9.97. The van der Waals surface area contributed by atoms with E-state index in [0.717, 1.165) is 11.1 Å². The summed E-state index contributed by atoms with van der Waals surface area (Å²) in [6, 6.07) is 8.28. The molecule has 0 spiro atoms. The number of hydrogen-bond acceptors (Lipinski definition) is 4. The molecule has 1 aliphatic carbocycles. The Kier molecular flexibility index (Phi) is 3.83. The molecule has 21 heavy (non-hydrogen) atoms. The lowest BCUT2D eigenvalue weighted by molar-refractivity contribution is 0.151. The summed E-state index contributed by atoms with van der Waals surface area (Å²) in [7, 11) is -3.74. The molecule has 0 saturated heterocycles. The Morgan fingerprint density at radius 1 is 1.29 bits per heavy atom. The number of halogens is 1. The van der Waals surface area contributed by atoms with Crippen LogP contribution < -0.4 is 4.72 Å². The van der Waals surface area contributed by atoms with Crippen molar-refractivity contribution >= 4 is 26.0 Å². The average molecular weight is 369 g/mol. The summed E-state index contributed by atoms with van der Waals surface area (Å²) in [5.41, 5.74) is 1.78. The number of aliphatic hydroxyl groups excluding tert-OH is 1. The molecule has 0 radical (unpaired) electrons. The van der Waals surface area contributed by atoms with Crippen LogP contribution in [0, 0.1) is 0 Å². The zero-order valence-electron chi connectivity index (χ0n) is 10.9. The molecule has 3 rings (SSSR count). The molecule has 1 aromatic heterocycles. The minimum atomic E-state index is -3.74. The van der Waals surface area contributed by atoms with E-state index in [9.17, 15) is 13.5 Å². The second-order valence-corrected chi connectivity index (χ2v) is 7.54. The molecule has 0 saturated carbocycles. The fourth-order valence-corrected chi connectivity index (χ4v) is 4.24. The van der Waals surface area contributed by atoms with E-state index in [-0.39, 0.29) is 4.90 Å². The molecule has 1 aliphatic rings. The normalized spacial score (nSPS) is 21.2. The molecule has 0 amide bonds. The highest BCUT2D eigenvalue weighted by atomic mass is 79.9. The minimum Gasteiger partial charge on any atom is -0.391 e. The highest BCUT2D eigenvalue weighted by molar-refractivity contribution is 9.10. The first kappa shape index (κ1) is 14.6. The Morgan fingerprint density at radius 2 is 2.05 bits per heavy atom. The maximum atomic E-state index is 12.4. The quantitative estimate of drug-likeness (QED) is 0.865. The third-order valence-corrected chi connectivity index (χ3v) is 5.32. The predicted octanol–water partition coefficient (Wildman–Crippen LogP) is 1.78. The lowest BCUT2D eigenvalue weighted by Gasteiger charge is -2.18. The number of hydrogen-bond donors (Lipinski definition) is 2. The fraction of sp³-hybridized carbons (Fsp3) is 0.214. The van der Waals surface area contributed by atoms with Crippen LogP contribution in [0.4, 0.5) is 0 Å². The van der Waals surface area contributed by atoms with Crippen LogP contribution in [0.3, 0.4) is 0 Å². The Balaban J connectivity index is 1.93. The smallest absolute Gasteiger partial charge is 0.242 e. The Labute approximate surface area is 131 Å². The van der Waals surface area contributed by atoms with E-state index >= 15 is 0 Å². The predicted molar refractivity (Wildman–Crippen MR) is 81.2 cm³/mol. The number of fused-ring (bicyclic) bond motifs is 1. The second-order valence-electron chi connectivity index (χ2n) is 4.91. The maximum absolute atomic E-state index is 12.4.